The number of nitrogens with zero attached hydrogens (tertiary/aromatic N) is 5. The maximum atomic E-state index is 11.8. The molecule has 0 amide bonds. The van der Waals surface area contributed by atoms with Crippen LogP contribution >= 0.6 is 0 Å². The number of rotatable bonds is 9. The molecule has 0 spiro atoms. The molecular formula is C23H26N6O4S. The molecular weight excluding hydrogens is 456 g/mol. The van der Waals surface area contributed by atoms with Crippen molar-refractivity contribution in [3.8, 4) is 6.01 Å². The van der Waals surface area contributed by atoms with E-state index in [-0.39, 0.29) is 10.9 Å². The SMILES string of the molecule is CS(=O)(=O)c1cccc(C=NNc2cc(N3CCOCC3)nc(OCCc3ccccn3)n2)c1. The van der Waals surface area contributed by atoms with E-state index in [2.05, 4.69) is 30.4 Å². The van der Waals surface area contributed by atoms with Gasteiger partial charge >= 0.3 is 6.01 Å². The first-order valence-electron chi connectivity index (χ1n) is 10.8. The lowest BCUT2D eigenvalue weighted by atomic mass is 10.2. The summed E-state index contributed by atoms with van der Waals surface area (Å²) >= 11 is 0. The Balaban J connectivity index is 1.48. The molecule has 10 nitrogen and oxygen atoms in total. The van der Waals surface area contributed by atoms with Crippen LogP contribution in [0.4, 0.5) is 11.6 Å². The number of anilines is 2. The number of hydrogen-bond acceptors (Lipinski definition) is 10. The van der Waals surface area contributed by atoms with Gasteiger partial charge in [-0.25, -0.2) is 8.42 Å². The fourth-order valence-corrected chi connectivity index (χ4v) is 3.96. The zero-order valence-electron chi connectivity index (χ0n) is 18.8. The van der Waals surface area contributed by atoms with E-state index >= 15 is 0 Å². The summed E-state index contributed by atoms with van der Waals surface area (Å²) in [6.07, 6.45) is 5.08. The number of morpholine rings is 1. The Bertz CT molecular complexity index is 1230. The van der Waals surface area contributed by atoms with Crippen molar-refractivity contribution in [1.29, 1.82) is 0 Å². The smallest absolute Gasteiger partial charge is 0.320 e. The number of pyridine rings is 1. The zero-order chi connectivity index (χ0) is 23.8. The normalized spacial score (nSPS) is 14.3. The Labute approximate surface area is 198 Å². The predicted octanol–water partition coefficient (Wildman–Crippen LogP) is 2.18. The van der Waals surface area contributed by atoms with Gasteiger partial charge in [0.1, 0.15) is 5.82 Å². The highest BCUT2D eigenvalue weighted by Gasteiger charge is 2.16. The summed E-state index contributed by atoms with van der Waals surface area (Å²) in [7, 11) is -3.29. The van der Waals surface area contributed by atoms with E-state index in [1.54, 1.807) is 36.5 Å². The fourth-order valence-electron chi connectivity index (χ4n) is 3.28. The van der Waals surface area contributed by atoms with E-state index in [0.717, 1.165) is 5.69 Å². The predicted molar refractivity (Wildman–Crippen MR) is 129 cm³/mol. The highest BCUT2D eigenvalue weighted by atomic mass is 32.2. The second-order valence-electron chi connectivity index (χ2n) is 7.63. The van der Waals surface area contributed by atoms with Crippen molar-refractivity contribution in [2.24, 2.45) is 5.10 Å². The van der Waals surface area contributed by atoms with Crippen molar-refractivity contribution in [2.75, 3.05) is 49.5 Å². The van der Waals surface area contributed by atoms with Crippen LogP contribution in [0.3, 0.4) is 0 Å². The molecule has 0 aliphatic carbocycles. The zero-order valence-corrected chi connectivity index (χ0v) is 19.6. The lowest BCUT2D eigenvalue weighted by Crippen LogP contribution is -2.36. The van der Waals surface area contributed by atoms with Crippen LogP contribution < -0.4 is 15.1 Å². The van der Waals surface area contributed by atoms with E-state index in [1.807, 2.05) is 18.2 Å². The lowest BCUT2D eigenvalue weighted by Gasteiger charge is -2.28. The molecule has 0 atom stereocenters. The maximum Gasteiger partial charge on any atom is 0.320 e. The molecule has 1 saturated heterocycles. The van der Waals surface area contributed by atoms with Crippen LogP contribution in [0, 0.1) is 0 Å². The molecule has 0 unspecified atom stereocenters. The number of aromatic nitrogens is 3. The number of hydrogen-bond donors (Lipinski definition) is 1. The summed E-state index contributed by atoms with van der Waals surface area (Å²) in [6.45, 7) is 3.05. The lowest BCUT2D eigenvalue weighted by molar-refractivity contribution is 0.122. The molecule has 0 radical (unpaired) electrons. The average Bonchev–Trinajstić information content (AvgIpc) is 2.85. The first-order chi connectivity index (χ1) is 16.5. The third-order valence-corrected chi connectivity index (χ3v) is 6.13. The average molecular weight is 483 g/mol. The van der Waals surface area contributed by atoms with Crippen LogP contribution in [0.15, 0.2) is 64.7 Å². The number of nitrogens with one attached hydrogen (secondary N) is 1. The van der Waals surface area contributed by atoms with Crippen molar-refractivity contribution < 1.29 is 17.9 Å². The molecule has 11 heteroatoms. The minimum atomic E-state index is -3.29. The highest BCUT2D eigenvalue weighted by molar-refractivity contribution is 7.90. The van der Waals surface area contributed by atoms with E-state index < -0.39 is 9.84 Å². The standard InChI is InChI=1S/C23H26N6O4S/c1-34(30,31)20-7-4-5-18(15-20)17-25-28-21-16-22(29-10-13-32-14-11-29)27-23(26-21)33-12-8-19-6-2-3-9-24-19/h2-7,9,15-17H,8,10-14H2,1H3,(H,26,27,28). The van der Waals surface area contributed by atoms with Gasteiger partial charge in [0.15, 0.2) is 15.7 Å². The molecule has 3 heterocycles. The van der Waals surface area contributed by atoms with Crippen LogP contribution in [0.2, 0.25) is 0 Å². The summed E-state index contributed by atoms with van der Waals surface area (Å²) in [4.78, 5) is 15.6. The van der Waals surface area contributed by atoms with Crippen LogP contribution in [0.1, 0.15) is 11.3 Å². The highest BCUT2D eigenvalue weighted by Crippen LogP contribution is 2.21. The van der Waals surface area contributed by atoms with Gasteiger partial charge in [-0.3, -0.25) is 10.4 Å². The van der Waals surface area contributed by atoms with Crippen molar-refractivity contribution >= 4 is 27.7 Å². The minimum Gasteiger partial charge on any atom is -0.463 e. The fraction of sp³-hybridized carbons (Fsp3) is 0.304. The second kappa shape index (κ2) is 11.0. The number of sulfone groups is 1. The molecule has 0 bridgehead atoms. The molecule has 1 aliphatic heterocycles. The van der Waals surface area contributed by atoms with Gasteiger partial charge in [-0.15, -0.1) is 0 Å². The van der Waals surface area contributed by atoms with Gasteiger partial charge in [0.25, 0.3) is 0 Å². The van der Waals surface area contributed by atoms with Gasteiger partial charge in [-0.05, 0) is 29.8 Å². The summed E-state index contributed by atoms with van der Waals surface area (Å²) in [5.41, 5.74) is 4.46. The van der Waals surface area contributed by atoms with Crippen molar-refractivity contribution in [2.45, 2.75) is 11.3 Å². The molecule has 0 saturated carbocycles. The Morgan fingerprint density at radius 2 is 2.00 bits per heavy atom. The Morgan fingerprint density at radius 3 is 2.76 bits per heavy atom. The quantitative estimate of drug-likeness (QED) is 0.361. The summed E-state index contributed by atoms with van der Waals surface area (Å²) in [5.74, 6) is 1.17. The molecule has 4 rings (SSSR count). The first-order valence-corrected chi connectivity index (χ1v) is 12.7. The van der Waals surface area contributed by atoms with Gasteiger partial charge in [0.2, 0.25) is 0 Å². The van der Waals surface area contributed by atoms with E-state index in [1.165, 1.54) is 12.5 Å². The molecule has 1 aromatic carbocycles. The Morgan fingerprint density at radius 1 is 1.15 bits per heavy atom. The largest absolute Gasteiger partial charge is 0.463 e. The first kappa shape index (κ1) is 23.6. The molecule has 1 aliphatic rings. The topological polar surface area (TPSA) is 119 Å². The summed E-state index contributed by atoms with van der Waals surface area (Å²) in [5, 5.41) is 4.22. The van der Waals surface area contributed by atoms with Crippen LogP contribution in [-0.4, -0.2) is 68.8 Å². The summed E-state index contributed by atoms with van der Waals surface area (Å²) in [6, 6.07) is 14.3. The molecule has 1 N–H and O–H groups in total. The van der Waals surface area contributed by atoms with Gasteiger partial charge in [0.05, 0.1) is 30.9 Å². The second-order valence-corrected chi connectivity index (χ2v) is 9.64. The van der Waals surface area contributed by atoms with Gasteiger partial charge < -0.3 is 14.4 Å². The van der Waals surface area contributed by atoms with Crippen LogP contribution in [-0.2, 0) is 21.0 Å². The van der Waals surface area contributed by atoms with E-state index in [9.17, 15) is 8.42 Å². The Kier molecular flexibility index (Phi) is 7.65. The third-order valence-electron chi connectivity index (χ3n) is 5.02. The molecule has 1 fully saturated rings. The van der Waals surface area contributed by atoms with Crippen molar-refractivity contribution in [1.82, 2.24) is 15.0 Å². The number of hydrazone groups is 1. The Hall–Kier alpha value is -3.57. The molecule has 3 aromatic rings. The van der Waals surface area contributed by atoms with Crippen molar-refractivity contribution in [3.63, 3.8) is 0 Å². The van der Waals surface area contributed by atoms with Crippen molar-refractivity contribution in [3.05, 3.63) is 66.0 Å². The molecule has 2 aromatic heterocycles. The van der Waals surface area contributed by atoms with E-state index in [4.69, 9.17) is 9.47 Å². The van der Waals surface area contributed by atoms with Gasteiger partial charge in [-0.2, -0.15) is 15.1 Å². The molecule has 34 heavy (non-hydrogen) atoms. The van der Waals surface area contributed by atoms with Gasteiger partial charge in [0, 0.05) is 43.7 Å². The van der Waals surface area contributed by atoms with E-state index in [0.29, 0.717) is 56.5 Å². The number of ether oxygens (including phenoxy) is 2. The summed E-state index contributed by atoms with van der Waals surface area (Å²) < 4.78 is 34.8. The minimum absolute atomic E-state index is 0.233. The monoisotopic (exact) mass is 482 g/mol. The third kappa shape index (κ3) is 6.72. The van der Waals surface area contributed by atoms with Crippen LogP contribution in [0.25, 0.3) is 0 Å². The molecule has 178 valence electrons. The van der Waals surface area contributed by atoms with Crippen LogP contribution in [0.5, 0.6) is 6.01 Å². The van der Waals surface area contributed by atoms with Gasteiger partial charge in [-0.1, -0.05) is 18.2 Å². The maximum absolute atomic E-state index is 11.8. The number of benzene rings is 1.